The summed E-state index contributed by atoms with van der Waals surface area (Å²) >= 11 is 0. The number of halogens is 2. The van der Waals surface area contributed by atoms with Gasteiger partial charge in [-0.25, -0.2) is 8.78 Å². The molecule has 0 amide bonds. The van der Waals surface area contributed by atoms with Crippen molar-refractivity contribution in [1.82, 2.24) is 4.90 Å². The van der Waals surface area contributed by atoms with Crippen molar-refractivity contribution in [1.29, 1.82) is 0 Å². The molecular formula is C5H10F2N. The molecule has 0 aliphatic rings. The second-order valence-corrected chi connectivity index (χ2v) is 1.65. The number of alkyl halides is 2. The van der Waals surface area contributed by atoms with E-state index in [4.69, 9.17) is 0 Å². The van der Waals surface area contributed by atoms with Crippen molar-refractivity contribution < 1.29 is 8.78 Å². The highest BCUT2D eigenvalue weighted by molar-refractivity contribution is 4.52. The molecule has 0 bridgehead atoms. The first-order valence-corrected chi connectivity index (χ1v) is 2.42. The van der Waals surface area contributed by atoms with Crippen LogP contribution < -0.4 is 0 Å². The molecule has 0 rings (SSSR count). The van der Waals surface area contributed by atoms with Crippen molar-refractivity contribution in [2.75, 3.05) is 20.1 Å². The second kappa shape index (κ2) is 3.78. The summed E-state index contributed by atoms with van der Waals surface area (Å²) < 4.78 is 22.8. The third kappa shape index (κ3) is 3.99. The Morgan fingerprint density at radius 1 is 1.62 bits per heavy atom. The molecule has 0 aromatic carbocycles. The van der Waals surface area contributed by atoms with Gasteiger partial charge in [0.2, 0.25) is 0 Å². The summed E-state index contributed by atoms with van der Waals surface area (Å²) in [5.74, 6) is 0. The first-order chi connectivity index (χ1) is 3.66. The molecule has 1 radical (unpaired) electrons. The standard InChI is InChI=1S/C5H10F2N/c1-3-8(2)4-5(6)7/h5H,1,3-4H2,2H3. The largest absolute Gasteiger partial charge is 0.301 e. The van der Waals surface area contributed by atoms with Crippen LogP contribution in [0, 0.1) is 6.92 Å². The molecule has 0 atom stereocenters. The van der Waals surface area contributed by atoms with Gasteiger partial charge < -0.3 is 4.90 Å². The summed E-state index contributed by atoms with van der Waals surface area (Å²) in [6.45, 7) is 3.69. The lowest BCUT2D eigenvalue weighted by Crippen LogP contribution is -2.23. The van der Waals surface area contributed by atoms with Gasteiger partial charge in [0.25, 0.3) is 6.43 Å². The van der Waals surface area contributed by atoms with Crippen molar-refractivity contribution in [2.24, 2.45) is 0 Å². The van der Waals surface area contributed by atoms with Crippen LogP contribution in [0.15, 0.2) is 0 Å². The fourth-order valence-corrected chi connectivity index (χ4v) is 0.327. The van der Waals surface area contributed by atoms with E-state index in [0.717, 1.165) is 0 Å². The van der Waals surface area contributed by atoms with Crippen molar-refractivity contribution >= 4 is 0 Å². The summed E-state index contributed by atoms with van der Waals surface area (Å²) in [4.78, 5) is 1.46. The van der Waals surface area contributed by atoms with E-state index in [-0.39, 0.29) is 6.54 Å². The van der Waals surface area contributed by atoms with Crippen LogP contribution in [-0.2, 0) is 0 Å². The first kappa shape index (κ1) is 7.82. The molecule has 3 heteroatoms. The number of hydrogen-bond acceptors (Lipinski definition) is 1. The van der Waals surface area contributed by atoms with Gasteiger partial charge in [0, 0.05) is 0 Å². The minimum atomic E-state index is -2.23. The van der Waals surface area contributed by atoms with E-state index in [1.165, 1.54) is 4.90 Å². The summed E-state index contributed by atoms with van der Waals surface area (Å²) in [7, 11) is 1.61. The number of hydrogen-bond donors (Lipinski definition) is 0. The highest BCUT2D eigenvalue weighted by Gasteiger charge is 2.03. The average molecular weight is 122 g/mol. The maximum Gasteiger partial charge on any atom is 0.251 e. The molecule has 0 saturated heterocycles. The molecule has 0 spiro atoms. The molecule has 1 nitrogen and oxygen atoms in total. The Balaban J connectivity index is 3.10. The van der Waals surface area contributed by atoms with Crippen LogP contribution >= 0.6 is 0 Å². The lowest BCUT2D eigenvalue weighted by Gasteiger charge is -2.11. The van der Waals surface area contributed by atoms with Gasteiger partial charge in [-0.05, 0) is 20.5 Å². The van der Waals surface area contributed by atoms with Gasteiger partial charge in [-0.2, -0.15) is 0 Å². The van der Waals surface area contributed by atoms with E-state index in [1.54, 1.807) is 7.05 Å². The molecule has 8 heavy (non-hydrogen) atoms. The van der Waals surface area contributed by atoms with Crippen LogP contribution in [0.3, 0.4) is 0 Å². The Hall–Kier alpha value is -0.180. The molecule has 0 aromatic rings. The quantitative estimate of drug-likeness (QED) is 0.540. The van der Waals surface area contributed by atoms with Crippen LogP contribution in [0.2, 0.25) is 0 Å². The van der Waals surface area contributed by atoms with Crippen molar-refractivity contribution in [3.63, 3.8) is 0 Å². The average Bonchev–Trinajstić information content (AvgIpc) is 1.65. The zero-order valence-corrected chi connectivity index (χ0v) is 4.90. The summed E-state index contributed by atoms with van der Waals surface area (Å²) in [6.07, 6.45) is -2.23. The highest BCUT2D eigenvalue weighted by Crippen LogP contribution is 1.93. The van der Waals surface area contributed by atoms with E-state index in [2.05, 4.69) is 6.92 Å². The molecule has 0 saturated carbocycles. The van der Waals surface area contributed by atoms with E-state index < -0.39 is 6.43 Å². The molecule has 0 fully saturated rings. The smallest absolute Gasteiger partial charge is 0.251 e. The lowest BCUT2D eigenvalue weighted by molar-refractivity contribution is 0.105. The second-order valence-electron chi connectivity index (χ2n) is 1.65. The zero-order chi connectivity index (χ0) is 6.57. The fraction of sp³-hybridized carbons (Fsp3) is 0.800. The maximum absolute atomic E-state index is 11.4. The predicted octanol–water partition coefficient (Wildman–Crippen LogP) is 1.02. The molecular weight excluding hydrogens is 112 g/mol. The minimum absolute atomic E-state index is 0.177. The number of nitrogens with zero attached hydrogens (tertiary/aromatic N) is 1. The third-order valence-electron chi connectivity index (χ3n) is 0.831. The van der Waals surface area contributed by atoms with Gasteiger partial charge in [-0.15, -0.1) is 0 Å². The van der Waals surface area contributed by atoms with Crippen molar-refractivity contribution in [2.45, 2.75) is 6.43 Å². The molecule has 0 aliphatic heterocycles. The summed E-state index contributed by atoms with van der Waals surface area (Å²) in [5.41, 5.74) is 0. The Bertz CT molecular complexity index is 56.4. The van der Waals surface area contributed by atoms with Crippen LogP contribution in [0.1, 0.15) is 0 Å². The van der Waals surface area contributed by atoms with Gasteiger partial charge in [-0.3, -0.25) is 0 Å². The van der Waals surface area contributed by atoms with Gasteiger partial charge in [0.1, 0.15) is 0 Å². The minimum Gasteiger partial charge on any atom is -0.301 e. The zero-order valence-electron chi connectivity index (χ0n) is 4.90. The van der Waals surface area contributed by atoms with Gasteiger partial charge in [-0.1, -0.05) is 0 Å². The topological polar surface area (TPSA) is 3.24 Å². The molecule has 0 heterocycles. The van der Waals surface area contributed by atoms with Crippen molar-refractivity contribution in [3.05, 3.63) is 6.92 Å². The van der Waals surface area contributed by atoms with E-state index in [1.807, 2.05) is 0 Å². The Labute approximate surface area is 48.3 Å². The van der Waals surface area contributed by atoms with Gasteiger partial charge in [0.05, 0.1) is 6.54 Å². The van der Waals surface area contributed by atoms with Crippen LogP contribution in [-0.4, -0.2) is 31.5 Å². The highest BCUT2D eigenvalue weighted by atomic mass is 19.3. The van der Waals surface area contributed by atoms with E-state index >= 15 is 0 Å². The predicted molar refractivity (Wildman–Crippen MR) is 28.9 cm³/mol. The Morgan fingerprint density at radius 3 is 2.25 bits per heavy atom. The Morgan fingerprint density at radius 2 is 2.12 bits per heavy atom. The molecule has 0 N–H and O–H groups in total. The Kier molecular flexibility index (Phi) is 3.69. The molecule has 0 aliphatic carbocycles. The van der Waals surface area contributed by atoms with Gasteiger partial charge >= 0.3 is 0 Å². The van der Waals surface area contributed by atoms with Gasteiger partial charge in [0.15, 0.2) is 0 Å². The fourth-order valence-electron chi connectivity index (χ4n) is 0.327. The lowest BCUT2D eigenvalue weighted by atomic mass is 10.5. The summed E-state index contributed by atoms with van der Waals surface area (Å²) in [5, 5.41) is 0. The number of rotatable bonds is 3. The molecule has 0 unspecified atom stereocenters. The SMILES string of the molecule is [CH2]CN(C)CC(F)F. The van der Waals surface area contributed by atoms with E-state index in [9.17, 15) is 8.78 Å². The molecule has 49 valence electrons. The maximum atomic E-state index is 11.4. The van der Waals surface area contributed by atoms with Crippen LogP contribution in [0.4, 0.5) is 8.78 Å². The van der Waals surface area contributed by atoms with Crippen molar-refractivity contribution in [3.8, 4) is 0 Å². The summed E-state index contributed by atoms with van der Waals surface area (Å²) in [6, 6.07) is 0. The third-order valence-corrected chi connectivity index (χ3v) is 0.831. The molecule has 0 aromatic heterocycles. The normalized spacial score (nSPS) is 11.2. The monoisotopic (exact) mass is 122 g/mol. The van der Waals surface area contributed by atoms with Crippen LogP contribution in [0.5, 0.6) is 0 Å². The first-order valence-electron chi connectivity index (χ1n) is 2.42. The van der Waals surface area contributed by atoms with Crippen LogP contribution in [0.25, 0.3) is 0 Å². The van der Waals surface area contributed by atoms with E-state index in [0.29, 0.717) is 6.54 Å².